The molecule has 0 unspecified atom stereocenters. The maximum Gasteiger partial charge on any atom is 0.416 e. The van der Waals surface area contributed by atoms with Crippen LogP contribution in [0, 0.1) is 0 Å². The monoisotopic (exact) mass is 504 g/mol. The summed E-state index contributed by atoms with van der Waals surface area (Å²) in [4.78, 5) is 17.8. The minimum Gasteiger partial charge on any atom is -0.484 e. The Bertz CT molecular complexity index is 1170. The Kier molecular flexibility index (Phi) is 6.17. The number of alkyl halides is 3. The van der Waals surface area contributed by atoms with E-state index in [1.165, 1.54) is 4.90 Å². The standard InChI is InChI=1S/C20H16ClF3N2O4S2/c21-14-7-6-12(20(22,23)24)8-15(14)26-16-10-32(28,29)11-17(16)31-19(26)25-18(27)9-30-13-4-2-1-3-5-13/h1-8,16-17H,9-11H2/t16-,17-/m1/s1. The molecule has 0 bridgehead atoms. The molecule has 0 N–H and O–H groups in total. The van der Waals surface area contributed by atoms with Crippen LogP contribution in [0.15, 0.2) is 53.5 Å². The topological polar surface area (TPSA) is 76.0 Å². The van der Waals surface area contributed by atoms with Gasteiger partial charge in [-0.15, -0.1) is 0 Å². The lowest BCUT2D eigenvalue weighted by Crippen LogP contribution is -2.38. The highest BCUT2D eigenvalue weighted by Gasteiger charge is 2.50. The summed E-state index contributed by atoms with van der Waals surface area (Å²) in [5.74, 6) is -0.637. The van der Waals surface area contributed by atoms with Crippen LogP contribution in [0.4, 0.5) is 18.9 Å². The largest absolute Gasteiger partial charge is 0.484 e. The number of halogens is 4. The van der Waals surface area contributed by atoms with Crippen molar-refractivity contribution in [3.05, 3.63) is 59.1 Å². The number of nitrogens with zero attached hydrogens (tertiary/aromatic N) is 2. The van der Waals surface area contributed by atoms with Crippen molar-refractivity contribution in [3.8, 4) is 5.75 Å². The Morgan fingerprint density at radius 3 is 2.59 bits per heavy atom. The van der Waals surface area contributed by atoms with Gasteiger partial charge >= 0.3 is 6.18 Å². The van der Waals surface area contributed by atoms with Crippen molar-refractivity contribution in [2.24, 2.45) is 4.99 Å². The maximum absolute atomic E-state index is 13.3. The summed E-state index contributed by atoms with van der Waals surface area (Å²) in [6.07, 6.45) is -4.62. The van der Waals surface area contributed by atoms with Crippen LogP contribution in [0.3, 0.4) is 0 Å². The molecular weight excluding hydrogens is 489 g/mol. The van der Waals surface area contributed by atoms with Crippen LogP contribution in [0.25, 0.3) is 0 Å². The van der Waals surface area contributed by atoms with E-state index in [2.05, 4.69) is 4.99 Å². The van der Waals surface area contributed by atoms with E-state index >= 15 is 0 Å². The van der Waals surface area contributed by atoms with Gasteiger partial charge in [-0.3, -0.25) is 4.79 Å². The third-order valence-corrected chi connectivity index (χ3v) is 8.45. The number of para-hydroxylation sites is 1. The van der Waals surface area contributed by atoms with Crippen molar-refractivity contribution in [2.45, 2.75) is 17.5 Å². The van der Waals surface area contributed by atoms with Crippen molar-refractivity contribution < 1.29 is 31.1 Å². The number of thioether (sulfide) groups is 1. The summed E-state index contributed by atoms with van der Waals surface area (Å²) in [7, 11) is -3.39. The molecule has 2 aromatic carbocycles. The molecule has 2 saturated heterocycles. The number of aliphatic imine (C=N–C) groups is 1. The van der Waals surface area contributed by atoms with Gasteiger partial charge in [-0.1, -0.05) is 41.6 Å². The van der Waals surface area contributed by atoms with Gasteiger partial charge in [-0.2, -0.15) is 18.2 Å². The molecule has 170 valence electrons. The number of fused-ring (bicyclic) bond motifs is 1. The molecule has 2 aliphatic rings. The average Bonchev–Trinajstić information content (AvgIpc) is 3.17. The first-order valence-corrected chi connectivity index (χ1v) is 12.4. The van der Waals surface area contributed by atoms with Crippen LogP contribution < -0.4 is 9.64 Å². The quantitative estimate of drug-likeness (QED) is 0.625. The zero-order valence-corrected chi connectivity index (χ0v) is 18.6. The minimum atomic E-state index is -4.62. The molecule has 32 heavy (non-hydrogen) atoms. The third-order valence-electron chi connectivity index (χ3n) is 4.93. The molecule has 0 saturated carbocycles. The normalized spacial score (nSPS) is 23.4. The fourth-order valence-corrected chi connectivity index (χ4v) is 7.65. The van der Waals surface area contributed by atoms with E-state index in [1.807, 2.05) is 0 Å². The fourth-order valence-electron chi connectivity index (χ4n) is 3.52. The summed E-state index contributed by atoms with van der Waals surface area (Å²) < 4.78 is 69.5. The number of carbonyl (C=O) groups excluding carboxylic acids is 1. The molecule has 2 atom stereocenters. The van der Waals surface area contributed by atoms with Crippen molar-refractivity contribution >= 4 is 50.0 Å². The van der Waals surface area contributed by atoms with Crippen LogP contribution in [-0.4, -0.2) is 48.9 Å². The average molecular weight is 505 g/mol. The fraction of sp³-hybridized carbons (Fsp3) is 0.300. The van der Waals surface area contributed by atoms with E-state index in [0.29, 0.717) is 5.75 Å². The van der Waals surface area contributed by atoms with Crippen LogP contribution in [0.2, 0.25) is 5.02 Å². The van der Waals surface area contributed by atoms with Crippen molar-refractivity contribution in [1.82, 2.24) is 0 Å². The number of ether oxygens (including phenoxy) is 1. The van der Waals surface area contributed by atoms with E-state index in [0.717, 1.165) is 30.0 Å². The van der Waals surface area contributed by atoms with Crippen molar-refractivity contribution in [2.75, 3.05) is 23.0 Å². The van der Waals surface area contributed by atoms with Gasteiger partial charge in [0.25, 0.3) is 5.91 Å². The molecule has 0 aromatic heterocycles. The molecule has 1 amide bonds. The smallest absolute Gasteiger partial charge is 0.416 e. The van der Waals surface area contributed by atoms with Gasteiger partial charge in [0.05, 0.1) is 33.8 Å². The number of carbonyl (C=O) groups is 1. The Hall–Kier alpha value is -2.24. The van der Waals surface area contributed by atoms with Crippen LogP contribution in [0.5, 0.6) is 5.75 Å². The second kappa shape index (κ2) is 8.60. The van der Waals surface area contributed by atoms with E-state index in [-0.39, 0.29) is 34.0 Å². The summed E-state index contributed by atoms with van der Waals surface area (Å²) in [6, 6.07) is 10.7. The third kappa shape index (κ3) is 4.89. The van der Waals surface area contributed by atoms with Gasteiger partial charge in [0.2, 0.25) is 0 Å². The van der Waals surface area contributed by atoms with Gasteiger partial charge in [0, 0.05) is 5.25 Å². The Balaban J connectivity index is 1.66. The molecule has 2 aromatic rings. The lowest BCUT2D eigenvalue weighted by molar-refractivity contribution is -0.137. The van der Waals surface area contributed by atoms with Gasteiger partial charge in [-0.05, 0) is 30.3 Å². The molecule has 0 aliphatic carbocycles. The second-order valence-electron chi connectivity index (χ2n) is 7.22. The maximum atomic E-state index is 13.3. The number of hydrogen-bond donors (Lipinski definition) is 0. The first-order valence-electron chi connectivity index (χ1n) is 9.36. The lowest BCUT2D eigenvalue weighted by atomic mass is 10.1. The highest BCUT2D eigenvalue weighted by atomic mass is 35.5. The van der Waals surface area contributed by atoms with Gasteiger partial charge in [0.1, 0.15) is 5.75 Å². The summed E-state index contributed by atoms with van der Waals surface area (Å²) in [5.41, 5.74) is -0.988. The number of amidine groups is 1. The summed E-state index contributed by atoms with van der Waals surface area (Å²) in [5, 5.41) is -0.394. The SMILES string of the molecule is O=C(COc1ccccc1)N=C1S[C@@H]2CS(=O)(=O)C[C@H]2N1c1cc(C(F)(F)F)ccc1Cl. The van der Waals surface area contributed by atoms with E-state index in [9.17, 15) is 26.4 Å². The zero-order valence-electron chi connectivity index (χ0n) is 16.3. The Labute approximate surface area is 191 Å². The molecule has 2 heterocycles. The highest BCUT2D eigenvalue weighted by molar-refractivity contribution is 8.16. The lowest BCUT2D eigenvalue weighted by Gasteiger charge is -2.26. The predicted molar refractivity (Wildman–Crippen MR) is 117 cm³/mol. The zero-order chi connectivity index (χ0) is 23.1. The Morgan fingerprint density at radius 2 is 1.91 bits per heavy atom. The summed E-state index contributed by atoms with van der Waals surface area (Å²) >= 11 is 7.24. The number of benzene rings is 2. The van der Waals surface area contributed by atoms with Crippen molar-refractivity contribution in [1.29, 1.82) is 0 Å². The first-order chi connectivity index (χ1) is 15.0. The predicted octanol–water partition coefficient (Wildman–Crippen LogP) is 4.04. The van der Waals surface area contributed by atoms with Crippen LogP contribution in [-0.2, 0) is 20.8 Å². The summed E-state index contributed by atoms with van der Waals surface area (Å²) in [6.45, 7) is -0.383. The number of rotatable bonds is 4. The highest BCUT2D eigenvalue weighted by Crippen LogP contribution is 2.44. The number of sulfone groups is 1. The molecule has 2 aliphatic heterocycles. The molecule has 6 nitrogen and oxygen atoms in total. The number of hydrogen-bond acceptors (Lipinski definition) is 5. The number of amides is 1. The first kappa shape index (κ1) is 22.9. The molecular formula is C20H16ClF3N2O4S2. The minimum absolute atomic E-state index is 0.00997. The van der Waals surface area contributed by atoms with E-state index in [4.69, 9.17) is 16.3 Å². The van der Waals surface area contributed by atoms with E-state index in [1.54, 1.807) is 30.3 Å². The second-order valence-corrected chi connectivity index (χ2v) is 11.0. The van der Waals surface area contributed by atoms with Crippen LogP contribution >= 0.6 is 23.4 Å². The van der Waals surface area contributed by atoms with E-state index < -0.39 is 38.8 Å². The molecule has 12 heteroatoms. The van der Waals surface area contributed by atoms with Crippen LogP contribution in [0.1, 0.15) is 5.56 Å². The molecule has 2 fully saturated rings. The van der Waals surface area contributed by atoms with Gasteiger partial charge < -0.3 is 9.64 Å². The molecule has 4 rings (SSSR count). The van der Waals surface area contributed by atoms with Gasteiger partial charge in [0.15, 0.2) is 21.6 Å². The molecule has 0 radical (unpaired) electrons. The number of anilines is 1. The van der Waals surface area contributed by atoms with Crippen molar-refractivity contribution in [3.63, 3.8) is 0 Å². The Morgan fingerprint density at radius 1 is 1.19 bits per heavy atom. The molecule has 0 spiro atoms. The van der Waals surface area contributed by atoms with Gasteiger partial charge in [-0.25, -0.2) is 8.42 Å².